The molecule has 118 valence electrons. The molecule has 21 heavy (non-hydrogen) atoms. The molecule has 0 radical (unpaired) electrons. The van der Waals surface area contributed by atoms with Crippen LogP contribution in [0.4, 0.5) is 13.2 Å². The molecule has 0 fully saturated rings. The molecule has 1 unspecified atom stereocenters. The van der Waals surface area contributed by atoms with Gasteiger partial charge < -0.3 is 15.8 Å². The Hall–Kier alpha value is -1.60. The Morgan fingerprint density at radius 2 is 2.05 bits per heavy atom. The second kappa shape index (κ2) is 7.99. The van der Waals surface area contributed by atoms with Gasteiger partial charge in [0, 0.05) is 19.0 Å². The van der Waals surface area contributed by atoms with Crippen LogP contribution in [-0.4, -0.2) is 24.7 Å². The summed E-state index contributed by atoms with van der Waals surface area (Å²) in [6.07, 6.45) is -4.10. The molecule has 0 heterocycles. The second-order valence-corrected chi connectivity index (χ2v) is 4.89. The van der Waals surface area contributed by atoms with Crippen molar-refractivity contribution in [2.24, 2.45) is 5.73 Å². The Kier molecular flexibility index (Phi) is 6.64. The van der Waals surface area contributed by atoms with Crippen LogP contribution in [0.2, 0.25) is 0 Å². The number of rotatable bonds is 7. The third-order valence-corrected chi connectivity index (χ3v) is 2.52. The van der Waals surface area contributed by atoms with Gasteiger partial charge in [-0.2, -0.15) is 13.2 Å². The van der Waals surface area contributed by atoms with Gasteiger partial charge in [0.2, 0.25) is 5.91 Å². The van der Waals surface area contributed by atoms with Gasteiger partial charge in [-0.15, -0.1) is 0 Å². The van der Waals surface area contributed by atoms with Crippen LogP contribution in [0, 0.1) is 0 Å². The highest BCUT2D eigenvalue weighted by molar-refractivity contribution is 5.76. The molecule has 1 rings (SSSR count). The van der Waals surface area contributed by atoms with Crippen molar-refractivity contribution in [3.63, 3.8) is 0 Å². The van der Waals surface area contributed by atoms with Crippen molar-refractivity contribution in [2.75, 3.05) is 6.61 Å². The number of alkyl halides is 3. The quantitative estimate of drug-likeness (QED) is 0.811. The van der Waals surface area contributed by atoms with E-state index in [-0.39, 0.29) is 25.0 Å². The van der Waals surface area contributed by atoms with Crippen LogP contribution in [0.15, 0.2) is 24.3 Å². The number of halogens is 3. The second-order valence-electron chi connectivity index (χ2n) is 4.89. The normalized spacial score (nSPS) is 13.0. The standard InChI is InChI=1S/C14H19F3N2O2/c1-10(18)5-13(20)19-7-11-3-2-4-12(6-11)8-21-9-14(15,16)17/h2-4,6,10H,5,7-9,18H2,1H3,(H,19,20). The lowest BCUT2D eigenvalue weighted by Crippen LogP contribution is -2.29. The average molecular weight is 304 g/mol. The van der Waals surface area contributed by atoms with E-state index in [0.29, 0.717) is 12.1 Å². The average Bonchev–Trinajstić information content (AvgIpc) is 2.34. The molecule has 1 aromatic carbocycles. The van der Waals surface area contributed by atoms with Crippen LogP contribution in [0.3, 0.4) is 0 Å². The van der Waals surface area contributed by atoms with Crippen molar-refractivity contribution >= 4 is 5.91 Å². The first-order valence-corrected chi connectivity index (χ1v) is 6.51. The molecule has 0 aliphatic carbocycles. The van der Waals surface area contributed by atoms with E-state index in [2.05, 4.69) is 10.1 Å². The minimum Gasteiger partial charge on any atom is -0.367 e. The van der Waals surface area contributed by atoms with Crippen molar-refractivity contribution in [3.8, 4) is 0 Å². The lowest BCUT2D eigenvalue weighted by molar-refractivity contribution is -0.176. The molecular weight excluding hydrogens is 285 g/mol. The van der Waals surface area contributed by atoms with Crippen molar-refractivity contribution in [2.45, 2.75) is 38.7 Å². The SMILES string of the molecule is CC(N)CC(=O)NCc1cccc(COCC(F)(F)F)c1. The minimum atomic E-state index is -4.33. The highest BCUT2D eigenvalue weighted by Crippen LogP contribution is 2.16. The number of amides is 1. The van der Waals surface area contributed by atoms with E-state index in [0.717, 1.165) is 5.56 Å². The van der Waals surface area contributed by atoms with Crippen LogP contribution >= 0.6 is 0 Å². The highest BCUT2D eigenvalue weighted by atomic mass is 19.4. The molecule has 0 bridgehead atoms. The molecule has 1 aromatic rings. The zero-order valence-corrected chi connectivity index (χ0v) is 11.7. The maximum Gasteiger partial charge on any atom is 0.411 e. The summed E-state index contributed by atoms with van der Waals surface area (Å²) in [4.78, 5) is 11.5. The first kappa shape index (κ1) is 17.5. The third kappa shape index (κ3) is 8.31. The van der Waals surface area contributed by atoms with Gasteiger partial charge in [0.1, 0.15) is 6.61 Å². The molecule has 1 atom stereocenters. The molecule has 0 saturated carbocycles. The molecule has 0 aliphatic heterocycles. The fourth-order valence-corrected chi connectivity index (χ4v) is 1.68. The van der Waals surface area contributed by atoms with E-state index >= 15 is 0 Å². The van der Waals surface area contributed by atoms with Crippen LogP contribution in [-0.2, 0) is 22.7 Å². The molecule has 0 aliphatic rings. The predicted molar refractivity (Wildman–Crippen MR) is 72.3 cm³/mol. The zero-order chi connectivity index (χ0) is 15.9. The fourth-order valence-electron chi connectivity index (χ4n) is 1.68. The number of ether oxygens (including phenoxy) is 1. The van der Waals surface area contributed by atoms with Gasteiger partial charge in [-0.25, -0.2) is 0 Å². The lowest BCUT2D eigenvalue weighted by atomic mass is 10.1. The number of benzene rings is 1. The summed E-state index contributed by atoms with van der Waals surface area (Å²) in [5.41, 5.74) is 6.92. The monoisotopic (exact) mass is 304 g/mol. The summed E-state index contributed by atoms with van der Waals surface area (Å²) in [6, 6.07) is 6.64. The lowest BCUT2D eigenvalue weighted by Gasteiger charge is -2.10. The van der Waals surface area contributed by atoms with E-state index in [1.54, 1.807) is 31.2 Å². The van der Waals surface area contributed by atoms with E-state index in [4.69, 9.17) is 5.73 Å². The largest absolute Gasteiger partial charge is 0.411 e. The Bertz CT molecular complexity index is 462. The number of carbonyl (C=O) groups is 1. The summed E-state index contributed by atoms with van der Waals surface area (Å²) in [5.74, 6) is -0.163. The Balaban J connectivity index is 2.43. The van der Waals surface area contributed by atoms with Crippen molar-refractivity contribution < 1.29 is 22.7 Å². The van der Waals surface area contributed by atoms with Crippen LogP contribution < -0.4 is 11.1 Å². The van der Waals surface area contributed by atoms with Crippen molar-refractivity contribution in [1.29, 1.82) is 0 Å². The molecule has 7 heteroatoms. The molecule has 0 saturated heterocycles. The van der Waals surface area contributed by atoms with E-state index in [1.165, 1.54) is 0 Å². The van der Waals surface area contributed by atoms with Crippen LogP contribution in [0.5, 0.6) is 0 Å². The van der Waals surface area contributed by atoms with Crippen molar-refractivity contribution in [1.82, 2.24) is 5.32 Å². The van der Waals surface area contributed by atoms with Gasteiger partial charge in [-0.05, 0) is 18.1 Å². The first-order chi connectivity index (χ1) is 9.76. The van der Waals surface area contributed by atoms with Gasteiger partial charge in [-0.3, -0.25) is 4.79 Å². The van der Waals surface area contributed by atoms with Gasteiger partial charge >= 0.3 is 6.18 Å². The summed E-state index contributed by atoms with van der Waals surface area (Å²) >= 11 is 0. The number of hydrogen-bond donors (Lipinski definition) is 2. The van der Waals surface area contributed by atoms with Crippen LogP contribution in [0.1, 0.15) is 24.5 Å². The van der Waals surface area contributed by atoms with E-state index < -0.39 is 12.8 Å². The summed E-state index contributed by atoms with van der Waals surface area (Å²) < 4.78 is 40.5. The van der Waals surface area contributed by atoms with Crippen LogP contribution in [0.25, 0.3) is 0 Å². The fraction of sp³-hybridized carbons (Fsp3) is 0.500. The van der Waals surface area contributed by atoms with E-state index in [9.17, 15) is 18.0 Å². The Labute approximate surface area is 121 Å². The maximum atomic E-state index is 12.0. The maximum absolute atomic E-state index is 12.0. The third-order valence-electron chi connectivity index (χ3n) is 2.52. The van der Waals surface area contributed by atoms with Gasteiger partial charge in [0.05, 0.1) is 6.61 Å². The topological polar surface area (TPSA) is 64.4 Å². The molecular formula is C14H19F3N2O2. The van der Waals surface area contributed by atoms with Gasteiger partial charge in [0.15, 0.2) is 0 Å². The summed E-state index contributed by atoms with van der Waals surface area (Å²) in [6.45, 7) is 0.639. The number of nitrogens with one attached hydrogen (secondary N) is 1. The van der Waals surface area contributed by atoms with Gasteiger partial charge in [0.25, 0.3) is 0 Å². The highest BCUT2D eigenvalue weighted by Gasteiger charge is 2.27. The van der Waals surface area contributed by atoms with Crippen molar-refractivity contribution in [3.05, 3.63) is 35.4 Å². The first-order valence-electron chi connectivity index (χ1n) is 6.51. The number of carbonyl (C=O) groups excluding carboxylic acids is 1. The Morgan fingerprint density at radius 1 is 1.38 bits per heavy atom. The predicted octanol–water partition coefficient (Wildman–Crippen LogP) is 2.12. The molecule has 3 N–H and O–H groups in total. The smallest absolute Gasteiger partial charge is 0.367 e. The summed E-state index contributed by atoms with van der Waals surface area (Å²) in [7, 11) is 0. The molecule has 1 amide bonds. The number of nitrogens with two attached hydrogens (primary N) is 1. The van der Waals surface area contributed by atoms with Gasteiger partial charge in [-0.1, -0.05) is 24.3 Å². The minimum absolute atomic E-state index is 0.124. The Morgan fingerprint density at radius 3 is 2.67 bits per heavy atom. The molecule has 4 nitrogen and oxygen atoms in total. The summed E-state index contributed by atoms with van der Waals surface area (Å²) in [5, 5.41) is 2.70. The molecule has 0 spiro atoms. The van der Waals surface area contributed by atoms with E-state index in [1.807, 2.05) is 0 Å². The zero-order valence-electron chi connectivity index (χ0n) is 11.7. The number of hydrogen-bond acceptors (Lipinski definition) is 3. The molecule has 0 aromatic heterocycles.